The normalized spacial score (nSPS) is 9.79. The van der Waals surface area contributed by atoms with Gasteiger partial charge >= 0.3 is 0 Å². The van der Waals surface area contributed by atoms with Crippen molar-refractivity contribution in [1.29, 1.82) is 0 Å². The number of nitrogens with two attached hydrogens (primary N) is 1. The average Bonchev–Trinajstić information content (AvgIpc) is 3.02. The van der Waals surface area contributed by atoms with Crippen LogP contribution in [0.3, 0.4) is 0 Å². The summed E-state index contributed by atoms with van der Waals surface area (Å²) in [5, 5.41) is 4.79. The SMILES string of the molecule is NCC#Cc1ccsc1CNC(=O)c1ccoc1Cl. The standard InChI is InChI=1S/C13H11ClN2O2S/c14-12-10(3-6-18-12)13(17)16-8-11-9(2-1-5-15)4-7-19-11/h3-4,6-7H,5,8,15H2,(H,16,17). The lowest BCUT2D eigenvalue weighted by Crippen LogP contribution is -2.22. The molecule has 0 unspecified atom stereocenters. The maximum atomic E-state index is 11.8. The molecule has 0 saturated carbocycles. The topological polar surface area (TPSA) is 68.3 Å². The summed E-state index contributed by atoms with van der Waals surface area (Å²) in [5.74, 6) is 5.48. The Morgan fingerprint density at radius 3 is 3.05 bits per heavy atom. The molecule has 0 aliphatic heterocycles. The molecule has 0 aliphatic rings. The van der Waals surface area contributed by atoms with Gasteiger partial charge in [0.15, 0.2) is 0 Å². The third-order valence-corrected chi connectivity index (χ3v) is 3.56. The zero-order chi connectivity index (χ0) is 13.7. The van der Waals surface area contributed by atoms with Gasteiger partial charge in [-0.3, -0.25) is 4.79 Å². The third-order valence-electron chi connectivity index (χ3n) is 2.34. The maximum absolute atomic E-state index is 11.8. The largest absolute Gasteiger partial charge is 0.452 e. The highest BCUT2D eigenvalue weighted by molar-refractivity contribution is 7.10. The second kappa shape index (κ2) is 6.43. The van der Waals surface area contributed by atoms with Gasteiger partial charge in [0.1, 0.15) is 0 Å². The molecule has 1 amide bonds. The van der Waals surface area contributed by atoms with Crippen molar-refractivity contribution in [3.8, 4) is 11.8 Å². The van der Waals surface area contributed by atoms with Crippen LogP contribution in [-0.2, 0) is 6.54 Å². The summed E-state index contributed by atoms with van der Waals surface area (Å²) in [4.78, 5) is 12.8. The van der Waals surface area contributed by atoms with Gasteiger partial charge in [-0.1, -0.05) is 11.8 Å². The Morgan fingerprint density at radius 2 is 2.37 bits per heavy atom. The van der Waals surface area contributed by atoms with Crippen molar-refractivity contribution in [3.05, 3.63) is 45.0 Å². The van der Waals surface area contributed by atoms with Crippen molar-refractivity contribution < 1.29 is 9.21 Å². The molecular formula is C13H11ClN2O2S. The van der Waals surface area contributed by atoms with Crippen LogP contribution in [0.25, 0.3) is 0 Å². The summed E-state index contributed by atoms with van der Waals surface area (Å²) in [6.07, 6.45) is 1.38. The van der Waals surface area contributed by atoms with E-state index in [1.165, 1.54) is 23.7 Å². The number of rotatable bonds is 3. The number of amides is 1. The van der Waals surface area contributed by atoms with Gasteiger partial charge in [-0.05, 0) is 29.1 Å². The smallest absolute Gasteiger partial charge is 0.256 e. The van der Waals surface area contributed by atoms with E-state index in [2.05, 4.69) is 17.2 Å². The molecule has 2 heterocycles. The van der Waals surface area contributed by atoms with E-state index < -0.39 is 0 Å². The maximum Gasteiger partial charge on any atom is 0.256 e. The Hall–Kier alpha value is -1.74. The van der Waals surface area contributed by atoms with E-state index in [0.717, 1.165) is 10.4 Å². The van der Waals surface area contributed by atoms with Crippen LogP contribution in [0.1, 0.15) is 20.8 Å². The lowest BCUT2D eigenvalue weighted by atomic mass is 10.2. The number of furan rings is 1. The molecule has 0 atom stereocenters. The Morgan fingerprint density at radius 1 is 1.53 bits per heavy atom. The Labute approximate surface area is 119 Å². The number of thiophene rings is 1. The van der Waals surface area contributed by atoms with E-state index >= 15 is 0 Å². The molecule has 0 spiro atoms. The number of halogens is 1. The lowest BCUT2D eigenvalue weighted by molar-refractivity contribution is 0.0951. The van der Waals surface area contributed by atoms with Crippen molar-refractivity contribution in [3.63, 3.8) is 0 Å². The fraction of sp³-hybridized carbons (Fsp3) is 0.154. The predicted molar refractivity (Wildman–Crippen MR) is 75.1 cm³/mol. The van der Waals surface area contributed by atoms with Gasteiger partial charge in [0, 0.05) is 10.4 Å². The van der Waals surface area contributed by atoms with E-state index in [-0.39, 0.29) is 11.1 Å². The average molecular weight is 295 g/mol. The highest BCUT2D eigenvalue weighted by Gasteiger charge is 2.13. The molecular weight excluding hydrogens is 284 g/mol. The minimum Gasteiger partial charge on any atom is -0.452 e. The van der Waals surface area contributed by atoms with Gasteiger partial charge in [-0.25, -0.2) is 0 Å². The fourth-order valence-corrected chi connectivity index (χ4v) is 2.42. The number of hydrogen-bond acceptors (Lipinski definition) is 4. The van der Waals surface area contributed by atoms with Crippen LogP contribution in [0.2, 0.25) is 5.22 Å². The minimum atomic E-state index is -0.273. The number of nitrogens with one attached hydrogen (secondary N) is 1. The summed E-state index contributed by atoms with van der Waals surface area (Å²) >= 11 is 7.26. The molecule has 4 nitrogen and oxygen atoms in total. The molecule has 6 heteroatoms. The Balaban J connectivity index is 2.02. The van der Waals surface area contributed by atoms with E-state index in [1.54, 1.807) is 0 Å². The first-order chi connectivity index (χ1) is 9.22. The molecule has 2 rings (SSSR count). The molecule has 0 fully saturated rings. The Bertz CT molecular complexity index is 636. The second-order valence-corrected chi connectivity index (χ2v) is 4.90. The molecule has 98 valence electrons. The van der Waals surface area contributed by atoms with E-state index in [9.17, 15) is 4.79 Å². The van der Waals surface area contributed by atoms with Crippen LogP contribution in [0, 0.1) is 11.8 Å². The van der Waals surface area contributed by atoms with Gasteiger partial charge < -0.3 is 15.5 Å². The van der Waals surface area contributed by atoms with E-state index in [0.29, 0.717) is 18.7 Å². The fourth-order valence-electron chi connectivity index (χ4n) is 1.45. The highest BCUT2D eigenvalue weighted by Crippen LogP contribution is 2.18. The molecule has 0 saturated heterocycles. The highest BCUT2D eigenvalue weighted by atomic mass is 35.5. The molecule has 19 heavy (non-hydrogen) atoms. The Kier molecular flexibility index (Phi) is 4.63. The van der Waals surface area contributed by atoms with Crippen LogP contribution >= 0.6 is 22.9 Å². The van der Waals surface area contributed by atoms with Gasteiger partial charge in [0.25, 0.3) is 5.91 Å². The molecule has 0 bridgehead atoms. The van der Waals surface area contributed by atoms with Crippen LogP contribution in [-0.4, -0.2) is 12.5 Å². The summed E-state index contributed by atoms with van der Waals surface area (Å²) in [6.45, 7) is 0.707. The quantitative estimate of drug-likeness (QED) is 0.853. The first-order valence-electron chi connectivity index (χ1n) is 5.49. The van der Waals surface area contributed by atoms with Crippen molar-refractivity contribution in [1.82, 2.24) is 5.32 Å². The molecule has 0 aromatic carbocycles. The van der Waals surface area contributed by atoms with Crippen molar-refractivity contribution >= 4 is 28.8 Å². The predicted octanol–water partition coefficient (Wildman–Crippen LogP) is 2.23. The summed E-state index contributed by atoms with van der Waals surface area (Å²) < 4.78 is 4.87. The van der Waals surface area contributed by atoms with Gasteiger partial charge in [0.05, 0.1) is 24.9 Å². The van der Waals surface area contributed by atoms with E-state index in [4.69, 9.17) is 21.8 Å². The van der Waals surface area contributed by atoms with Gasteiger partial charge in [-0.15, -0.1) is 11.3 Å². The number of carbonyl (C=O) groups excluding carboxylic acids is 1. The molecule has 0 aliphatic carbocycles. The summed E-state index contributed by atoms with van der Waals surface area (Å²) in [6, 6.07) is 3.43. The minimum absolute atomic E-state index is 0.0897. The summed E-state index contributed by atoms with van der Waals surface area (Å²) in [5.41, 5.74) is 6.54. The zero-order valence-corrected chi connectivity index (χ0v) is 11.5. The van der Waals surface area contributed by atoms with Gasteiger partial charge in [-0.2, -0.15) is 0 Å². The van der Waals surface area contributed by atoms with Crippen LogP contribution in [0.15, 0.2) is 28.2 Å². The second-order valence-electron chi connectivity index (χ2n) is 3.55. The van der Waals surface area contributed by atoms with Crippen molar-refractivity contribution in [2.24, 2.45) is 5.73 Å². The van der Waals surface area contributed by atoms with Crippen molar-refractivity contribution in [2.45, 2.75) is 6.54 Å². The first kappa shape index (κ1) is 13.7. The van der Waals surface area contributed by atoms with Crippen LogP contribution < -0.4 is 11.1 Å². The molecule has 3 N–H and O–H groups in total. The summed E-state index contributed by atoms with van der Waals surface area (Å²) in [7, 11) is 0. The van der Waals surface area contributed by atoms with Crippen molar-refractivity contribution in [2.75, 3.05) is 6.54 Å². The van der Waals surface area contributed by atoms with E-state index in [1.807, 2.05) is 11.4 Å². The third kappa shape index (κ3) is 3.38. The van der Waals surface area contributed by atoms with Crippen LogP contribution in [0.4, 0.5) is 0 Å². The molecule has 2 aromatic heterocycles. The number of hydrogen-bond donors (Lipinski definition) is 2. The van der Waals surface area contributed by atoms with Gasteiger partial charge in [0.2, 0.25) is 5.22 Å². The van der Waals surface area contributed by atoms with Crippen LogP contribution in [0.5, 0.6) is 0 Å². The monoisotopic (exact) mass is 294 g/mol. The molecule has 0 radical (unpaired) electrons. The number of carbonyl (C=O) groups is 1. The lowest BCUT2D eigenvalue weighted by Gasteiger charge is -2.02. The molecule has 2 aromatic rings. The first-order valence-corrected chi connectivity index (χ1v) is 6.74. The zero-order valence-electron chi connectivity index (χ0n) is 9.90.